The Labute approximate surface area is 68.6 Å². The highest BCUT2D eigenvalue weighted by molar-refractivity contribution is 5.83. The first-order valence-electron chi connectivity index (χ1n) is 4.14. The van der Waals surface area contributed by atoms with Crippen LogP contribution < -0.4 is 0 Å². The Kier molecular flexibility index (Phi) is 2.66. The molecule has 0 spiro atoms. The Morgan fingerprint density at radius 1 is 1.64 bits per heavy atom. The molecule has 0 unspecified atom stereocenters. The van der Waals surface area contributed by atoms with Crippen LogP contribution in [-0.2, 0) is 4.79 Å². The Bertz CT molecular complexity index is 154. The molecule has 11 heavy (non-hydrogen) atoms. The van der Waals surface area contributed by atoms with Crippen molar-refractivity contribution in [1.29, 1.82) is 0 Å². The van der Waals surface area contributed by atoms with E-state index in [1.807, 2.05) is 0 Å². The standard InChI is InChI=1S/C9H16NO/c1-7(2)5-10-6-9(11)4-8(10)3/h8H,4-6H2,1-3H3/t8-/m0/s1. The summed E-state index contributed by atoms with van der Waals surface area (Å²) in [5, 5.41) is 0. The smallest absolute Gasteiger partial charge is 0.148 e. The van der Waals surface area contributed by atoms with Crippen LogP contribution in [0.5, 0.6) is 0 Å². The summed E-state index contributed by atoms with van der Waals surface area (Å²) in [6.07, 6.45) is 0.743. The molecule has 0 aliphatic carbocycles. The third kappa shape index (κ3) is 2.29. The van der Waals surface area contributed by atoms with Crippen molar-refractivity contribution in [3.8, 4) is 0 Å². The van der Waals surface area contributed by atoms with Gasteiger partial charge in [-0.3, -0.25) is 9.69 Å². The molecule has 0 N–H and O–H groups in total. The van der Waals surface area contributed by atoms with E-state index in [9.17, 15) is 4.79 Å². The average Bonchev–Trinajstić information content (AvgIpc) is 2.09. The van der Waals surface area contributed by atoms with Gasteiger partial charge in [0.2, 0.25) is 0 Å². The maximum atomic E-state index is 11.0. The molecule has 1 aliphatic rings. The van der Waals surface area contributed by atoms with E-state index in [2.05, 4.69) is 25.7 Å². The van der Waals surface area contributed by atoms with E-state index in [0.717, 1.165) is 13.0 Å². The summed E-state index contributed by atoms with van der Waals surface area (Å²) < 4.78 is 0. The first-order chi connectivity index (χ1) is 5.09. The molecule has 0 bridgehead atoms. The van der Waals surface area contributed by atoms with Crippen molar-refractivity contribution < 1.29 is 4.79 Å². The summed E-state index contributed by atoms with van der Waals surface area (Å²) in [5.41, 5.74) is 0. The molecule has 2 heteroatoms. The SMILES string of the molecule is C[C](C)CN1CC(=O)C[C@@H]1C. The van der Waals surface area contributed by atoms with E-state index < -0.39 is 0 Å². The van der Waals surface area contributed by atoms with E-state index in [0.29, 0.717) is 18.4 Å². The minimum Gasteiger partial charge on any atom is -0.298 e. The highest BCUT2D eigenvalue weighted by Crippen LogP contribution is 2.15. The lowest BCUT2D eigenvalue weighted by Gasteiger charge is -2.21. The van der Waals surface area contributed by atoms with Crippen LogP contribution in [0.15, 0.2) is 0 Å². The summed E-state index contributed by atoms with van der Waals surface area (Å²) in [7, 11) is 0. The molecule has 0 saturated carbocycles. The number of carbonyl (C=O) groups is 1. The largest absolute Gasteiger partial charge is 0.298 e. The van der Waals surface area contributed by atoms with Gasteiger partial charge in [0.05, 0.1) is 6.54 Å². The van der Waals surface area contributed by atoms with Gasteiger partial charge in [-0.2, -0.15) is 0 Å². The Hall–Kier alpha value is -0.370. The van der Waals surface area contributed by atoms with Crippen LogP contribution in [0.2, 0.25) is 0 Å². The quantitative estimate of drug-likeness (QED) is 0.597. The van der Waals surface area contributed by atoms with Gasteiger partial charge in [-0.1, -0.05) is 13.8 Å². The van der Waals surface area contributed by atoms with Crippen LogP contribution >= 0.6 is 0 Å². The van der Waals surface area contributed by atoms with E-state index in [1.165, 1.54) is 5.92 Å². The predicted octanol–water partition coefficient (Wildman–Crippen LogP) is 1.26. The van der Waals surface area contributed by atoms with Crippen molar-refractivity contribution >= 4 is 5.78 Å². The molecule has 0 aromatic rings. The molecule has 1 radical (unpaired) electrons. The second-order valence-electron chi connectivity index (χ2n) is 3.70. The topological polar surface area (TPSA) is 20.3 Å². The molecular weight excluding hydrogens is 138 g/mol. The lowest BCUT2D eigenvalue weighted by molar-refractivity contribution is -0.116. The van der Waals surface area contributed by atoms with Crippen molar-refractivity contribution in [2.45, 2.75) is 33.2 Å². The van der Waals surface area contributed by atoms with Crippen LogP contribution in [0.3, 0.4) is 0 Å². The molecule has 1 aliphatic heterocycles. The summed E-state index contributed by atoms with van der Waals surface area (Å²) in [6.45, 7) is 7.97. The Balaban J connectivity index is 2.40. The fourth-order valence-corrected chi connectivity index (χ4v) is 1.52. The average molecular weight is 154 g/mol. The molecule has 1 atom stereocenters. The highest BCUT2D eigenvalue weighted by Gasteiger charge is 2.26. The van der Waals surface area contributed by atoms with Crippen molar-refractivity contribution in [3.63, 3.8) is 0 Å². The van der Waals surface area contributed by atoms with Crippen molar-refractivity contribution in [1.82, 2.24) is 4.90 Å². The highest BCUT2D eigenvalue weighted by atomic mass is 16.1. The molecule has 1 rings (SSSR count). The third-order valence-corrected chi connectivity index (χ3v) is 2.05. The molecule has 1 heterocycles. The third-order valence-electron chi connectivity index (χ3n) is 2.05. The second-order valence-corrected chi connectivity index (χ2v) is 3.70. The van der Waals surface area contributed by atoms with E-state index in [4.69, 9.17) is 0 Å². The van der Waals surface area contributed by atoms with Crippen LogP contribution in [-0.4, -0.2) is 29.8 Å². The van der Waals surface area contributed by atoms with Crippen LogP contribution in [0.25, 0.3) is 0 Å². The van der Waals surface area contributed by atoms with Gasteiger partial charge in [0.15, 0.2) is 0 Å². The zero-order valence-electron chi connectivity index (χ0n) is 7.55. The Morgan fingerprint density at radius 2 is 2.27 bits per heavy atom. The number of hydrogen-bond donors (Lipinski definition) is 0. The number of likely N-dealkylation sites (tertiary alicyclic amines) is 1. The summed E-state index contributed by atoms with van der Waals surface area (Å²) in [4.78, 5) is 13.2. The van der Waals surface area contributed by atoms with Gasteiger partial charge in [-0.15, -0.1) is 0 Å². The molecule has 63 valence electrons. The maximum absolute atomic E-state index is 11.0. The van der Waals surface area contributed by atoms with Crippen LogP contribution in [0.1, 0.15) is 27.2 Å². The molecule has 0 aromatic carbocycles. The maximum Gasteiger partial charge on any atom is 0.148 e. The molecule has 1 saturated heterocycles. The number of rotatable bonds is 2. The summed E-state index contributed by atoms with van der Waals surface area (Å²) in [5.74, 6) is 1.77. The van der Waals surface area contributed by atoms with Crippen molar-refractivity contribution in [2.75, 3.05) is 13.1 Å². The number of carbonyl (C=O) groups excluding carboxylic acids is 1. The second kappa shape index (κ2) is 3.35. The summed E-state index contributed by atoms with van der Waals surface area (Å²) in [6, 6.07) is 0.456. The van der Waals surface area contributed by atoms with Gasteiger partial charge in [-0.05, 0) is 12.8 Å². The first-order valence-corrected chi connectivity index (χ1v) is 4.14. The number of nitrogens with zero attached hydrogens (tertiary/aromatic N) is 1. The zero-order chi connectivity index (χ0) is 8.43. The fourth-order valence-electron chi connectivity index (χ4n) is 1.52. The van der Waals surface area contributed by atoms with Crippen LogP contribution in [0.4, 0.5) is 0 Å². The van der Waals surface area contributed by atoms with Gasteiger partial charge in [0, 0.05) is 19.0 Å². The lowest BCUT2D eigenvalue weighted by Crippen LogP contribution is -2.30. The van der Waals surface area contributed by atoms with E-state index in [-0.39, 0.29) is 0 Å². The van der Waals surface area contributed by atoms with E-state index in [1.54, 1.807) is 0 Å². The van der Waals surface area contributed by atoms with E-state index >= 15 is 0 Å². The molecule has 0 aromatic heterocycles. The van der Waals surface area contributed by atoms with Crippen molar-refractivity contribution in [2.24, 2.45) is 0 Å². The molecule has 1 fully saturated rings. The molecular formula is C9H16NO. The van der Waals surface area contributed by atoms with Gasteiger partial charge in [-0.25, -0.2) is 0 Å². The number of Topliss-reactive ketones (excluding diaryl/α,β-unsaturated/α-hetero) is 1. The van der Waals surface area contributed by atoms with Gasteiger partial charge in [0.1, 0.15) is 5.78 Å². The van der Waals surface area contributed by atoms with Crippen LogP contribution in [0, 0.1) is 5.92 Å². The minimum absolute atomic E-state index is 0.388. The van der Waals surface area contributed by atoms with Crippen molar-refractivity contribution in [3.05, 3.63) is 5.92 Å². The molecule has 2 nitrogen and oxygen atoms in total. The number of hydrogen-bond acceptors (Lipinski definition) is 2. The fraction of sp³-hybridized carbons (Fsp3) is 0.778. The predicted molar refractivity (Wildman–Crippen MR) is 45.3 cm³/mol. The van der Waals surface area contributed by atoms with Gasteiger partial charge in [0.25, 0.3) is 0 Å². The minimum atomic E-state index is 0.388. The lowest BCUT2D eigenvalue weighted by atomic mass is 10.2. The summed E-state index contributed by atoms with van der Waals surface area (Å²) >= 11 is 0. The van der Waals surface area contributed by atoms with Gasteiger partial charge < -0.3 is 0 Å². The Morgan fingerprint density at radius 3 is 2.64 bits per heavy atom. The van der Waals surface area contributed by atoms with Gasteiger partial charge >= 0.3 is 0 Å². The molecule has 0 amide bonds. The zero-order valence-corrected chi connectivity index (χ0v) is 7.55. The number of ketones is 1. The first kappa shape index (κ1) is 8.72. The monoisotopic (exact) mass is 154 g/mol. The normalized spacial score (nSPS) is 26.9.